The molecule has 1 saturated heterocycles. The first-order valence-electron chi connectivity index (χ1n) is 7.74. The van der Waals surface area contributed by atoms with E-state index in [0.29, 0.717) is 0 Å². The van der Waals surface area contributed by atoms with Crippen LogP contribution in [0.5, 0.6) is 0 Å². The van der Waals surface area contributed by atoms with Crippen LogP contribution in [-0.4, -0.2) is 57.0 Å². The van der Waals surface area contributed by atoms with Gasteiger partial charge in [-0.25, -0.2) is 0 Å². The minimum Gasteiger partial charge on any atom is -0.368 e. The van der Waals surface area contributed by atoms with E-state index in [2.05, 4.69) is 27.2 Å². The van der Waals surface area contributed by atoms with E-state index in [0.717, 1.165) is 31.3 Å². The van der Waals surface area contributed by atoms with Gasteiger partial charge in [-0.05, 0) is 19.1 Å². The number of piperazine rings is 1. The van der Waals surface area contributed by atoms with E-state index in [1.165, 1.54) is 17.4 Å². The van der Waals surface area contributed by atoms with Crippen molar-refractivity contribution in [3.63, 3.8) is 0 Å². The van der Waals surface area contributed by atoms with Gasteiger partial charge >= 0.3 is 0 Å². The quantitative estimate of drug-likeness (QED) is 0.797. The van der Waals surface area contributed by atoms with Crippen molar-refractivity contribution in [2.24, 2.45) is 7.05 Å². The molecule has 122 valence electrons. The van der Waals surface area contributed by atoms with Crippen LogP contribution in [0.25, 0.3) is 0 Å². The molecule has 0 radical (unpaired) electrons. The van der Waals surface area contributed by atoms with Crippen LogP contribution in [0.15, 0.2) is 41.8 Å². The van der Waals surface area contributed by atoms with Gasteiger partial charge in [0.15, 0.2) is 5.16 Å². The molecule has 1 aliphatic heterocycles. The Morgan fingerprint density at radius 2 is 1.87 bits per heavy atom. The van der Waals surface area contributed by atoms with Crippen LogP contribution in [0.3, 0.4) is 0 Å². The number of carbonyl (C=O) groups is 1. The number of aryl methyl sites for hydroxylation is 1. The third kappa shape index (κ3) is 3.67. The minimum atomic E-state index is -0.152. The zero-order valence-electron chi connectivity index (χ0n) is 13.4. The van der Waals surface area contributed by atoms with Gasteiger partial charge in [-0.15, -0.1) is 10.2 Å². The van der Waals surface area contributed by atoms with Gasteiger partial charge < -0.3 is 14.4 Å². The predicted molar refractivity (Wildman–Crippen MR) is 91.6 cm³/mol. The molecule has 2 aromatic rings. The normalized spacial score (nSPS) is 16.4. The van der Waals surface area contributed by atoms with Crippen molar-refractivity contribution in [1.82, 2.24) is 19.7 Å². The Balaban J connectivity index is 1.55. The summed E-state index contributed by atoms with van der Waals surface area (Å²) in [6.07, 6.45) is 1.65. The molecule has 2 heterocycles. The van der Waals surface area contributed by atoms with E-state index in [1.54, 1.807) is 6.33 Å². The van der Waals surface area contributed by atoms with Gasteiger partial charge in [-0.2, -0.15) is 0 Å². The second-order valence-electron chi connectivity index (χ2n) is 5.63. The highest BCUT2D eigenvalue weighted by Gasteiger charge is 2.26. The van der Waals surface area contributed by atoms with Crippen LogP contribution in [0.1, 0.15) is 6.92 Å². The number of nitrogens with zero attached hydrogens (tertiary/aromatic N) is 5. The molecule has 1 fully saturated rings. The highest BCUT2D eigenvalue weighted by Crippen LogP contribution is 2.23. The van der Waals surface area contributed by atoms with Crippen molar-refractivity contribution in [3.05, 3.63) is 36.7 Å². The second kappa shape index (κ2) is 7.04. The number of anilines is 1. The van der Waals surface area contributed by atoms with Crippen LogP contribution in [0.2, 0.25) is 0 Å². The fourth-order valence-corrected chi connectivity index (χ4v) is 3.54. The van der Waals surface area contributed by atoms with Crippen LogP contribution in [0, 0.1) is 0 Å². The SMILES string of the molecule is C[C@H](Sc1nncn1C)C(=O)N1CCN(c2ccccc2)CC1. The van der Waals surface area contributed by atoms with Crippen LogP contribution >= 0.6 is 11.8 Å². The number of benzene rings is 1. The van der Waals surface area contributed by atoms with Gasteiger partial charge in [0.05, 0.1) is 5.25 Å². The summed E-state index contributed by atoms with van der Waals surface area (Å²) in [5.41, 5.74) is 1.22. The molecule has 0 aliphatic carbocycles. The number of rotatable bonds is 4. The number of aromatic nitrogens is 3. The Morgan fingerprint density at radius 1 is 1.17 bits per heavy atom. The van der Waals surface area contributed by atoms with E-state index in [1.807, 2.05) is 41.6 Å². The lowest BCUT2D eigenvalue weighted by Gasteiger charge is -2.37. The molecule has 1 aliphatic rings. The average molecular weight is 331 g/mol. The molecule has 0 spiro atoms. The van der Waals surface area contributed by atoms with E-state index in [9.17, 15) is 4.79 Å². The molecule has 0 bridgehead atoms. The monoisotopic (exact) mass is 331 g/mol. The number of amides is 1. The Kier molecular flexibility index (Phi) is 4.85. The Hall–Kier alpha value is -2.02. The third-order valence-corrected chi connectivity index (χ3v) is 5.15. The molecular formula is C16H21N5OS. The van der Waals surface area contributed by atoms with Crippen molar-refractivity contribution < 1.29 is 4.79 Å². The molecule has 1 atom stereocenters. The largest absolute Gasteiger partial charge is 0.368 e. The standard InChI is InChI=1S/C16H21N5OS/c1-13(23-16-18-17-12-19(16)2)15(22)21-10-8-20(9-11-21)14-6-4-3-5-7-14/h3-7,12-13H,8-11H2,1-2H3/t13-/m0/s1. The zero-order valence-corrected chi connectivity index (χ0v) is 14.2. The Labute approximate surface area is 140 Å². The summed E-state index contributed by atoms with van der Waals surface area (Å²) in [5.74, 6) is 0.172. The van der Waals surface area contributed by atoms with Gasteiger partial charge in [-0.1, -0.05) is 30.0 Å². The lowest BCUT2D eigenvalue weighted by Crippen LogP contribution is -2.50. The van der Waals surface area contributed by atoms with Crippen molar-refractivity contribution in [2.45, 2.75) is 17.3 Å². The van der Waals surface area contributed by atoms with Crippen LogP contribution in [-0.2, 0) is 11.8 Å². The predicted octanol–water partition coefficient (Wildman–Crippen LogP) is 1.64. The molecule has 0 N–H and O–H groups in total. The van der Waals surface area contributed by atoms with Crippen molar-refractivity contribution in [1.29, 1.82) is 0 Å². The molecule has 1 aromatic carbocycles. The summed E-state index contributed by atoms with van der Waals surface area (Å²) in [6, 6.07) is 10.3. The second-order valence-corrected chi connectivity index (χ2v) is 6.94. The summed E-state index contributed by atoms with van der Waals surface area (Å²) in [4.78, 5) is 16.9. The first-order chi connectivity index (χ1) is 11.1. The summed E-state index contributed by atoms with van der Waals surface area (Å²) >= 11 is 1.46. The van der Waals surface area contributed by atoms with Gasteiger partial charge in [-0.3, -0.25) is 4.79 Å². The van der Waals surface area contributed by atoms with E-state index in [-0.39, 0.29) is 11.2 Å². The van der Waals surface area contributed by atoms with Gasteiger partial charge in [0.2, 0.25) is 5.91 Å². The Morgan fingerprint density at radius 3 is 2.48 bits per heavy atom. The number of hydrogen-bond acceptors (Lipinski definition) is 5. The fourth-order valence-electron chi connectivity index (χ4n) is 2.67. The Bertz CT molecular complexity index is 652. The first-order valence-corrected chi connectivity index (χ1v) is 8.62. The molecular weight excluding hydrogens is 310 g/mol. The van der Waals surface area contributed by atoms with Crippen molar-refractivity contribution in [3.8, 4) is 0 Å². The van der Waals surface area contributed by atoms with Crippen molar-refractivity contribution in [2.75, 3.05) is 31.1 Å². The lowest BCUT2D eigenvalue weighted by molar-refractivity contribution is -0.130. The first kappa shape index (κ1) is 15.9. The fraction of sp³-hybridized carbons (Fsp3) is 0.438. The summed E-state index contributed by atoms with van der Waals surface area (Å²) in [5, 5.41) is 8.50. The average Bonchev–Trinajstić information content (AvgIpc) is 3.00. The summed E-state index contributed by atoms with van der Waals surface area (Å²) in [7, 11) is 1.89. The van der Waals surface area contributed by atoms with Gasteiger partial charge in [0.25, 0.3) is 0 Å². The van der Waals surface area contributed by atoms with Gasteiger partial charge in [0, 0.05) is 38.9 Å². The van der Waals surface area contributed by atoms with E-state index in [4.69, 9.17) is 0 Å². The van der Waals surface area contributed by atoms with Crippen LogP contribution in [0.4, 0.5) is 5.69 Å². The summed E-state index contributed by atoms with van der Waals surface area (Å²) < 4.78 is 1.84. The van der Waals surface area contributed by atoms with Gasteiger partial charge in [0.1, 0.15) is 6.33 Å². The topological polar surface area (TPSA) is 54.3 Å². The highest BCUT2D eigenvalue weighted by molar-refractivity contribution is 8.00. The molecule has 7 heteroatoms. The maximum Gasteiger partial charge on any atom is 0.236 e. The number of hydrogen-bond donors (Lipinski definition) is 0. The smallest absolute Gasteiger partial charge is 0.236 e. The number of thioether (sulfide) groups is 1. The highest BCUT2D eigenvalue weighted by atomic mass is 32.2. The maximum atomic E-state index is 12.6. The van der Waals surface area contributed by atoms with Crippen LogP contribution < -0.4 is 4.90 Å². The maximum absolute atomic E-state index is 12.6. The minimum absolute atomic E-state index is 0.152. The molecule has 1 amide bonds. The van der Waals surface area contributed by atoms with E-state index >= 15 is 0 Å². The number of carbonyl (C=O) groups excluding carboxylic acids is 1. The number of para-hydroxylation sites is 1. The molecule has 0 unspecified atom stereocenters. The van der Waals surface area contributed by atoms with E-state index < -0.39 is 0 Å². The lowest BCUT2D eigenvalue weighted by atomic mass is 10.2. The summed E-state index contributed by atoms with van der Waals surface area (Å²) in [6.45, 7) is 5.20. The van der Waals surface area contributed by atoms with Crippen molar-refractivity contribution >= 4 is 23.4 Å². The third-order valence-electron chi connectivity index (χ3n) is 4.01. The molecule has 3 rings (SSSR count). The molecule has 23 heavy (non-hydrogen) atoms. The molecule has 1 aromatic heterocycles. The zero-order chi connectivity index (χ0) is 16.2. The molecule has 0 saturated carbocycles. The molecule has 6 nitrogen and oxygen atoms in total.